The normalized spacial score (nSPS) is 24.9. The van der Waals surface area contributed by atoms with E-state index in [1.54, 1.807) is 0 Å². The summed E-state index contributed by atoms with van der Waals surface area (Å²) in [6.45, 7) is 6.78. The Kier molecular flexibility index (Phi) is 2.55. The molecule has 0 radical (unpaired) electrons. The molecule has 15 heavy (non-hydrogen) atoms. The van der Waals surface area contributed by atoms with Crippen LogP contribution in [0.2, 0.25) is 0 Å². The van der Waals surface area contributed by atoms with Gasteiger partial charge in [0.1, 0.15) is 0 Å². The van der Waals surface area contributed by atoms with E-state index >= 15 is 0 Å². The molecule has 0 amide bonds. The quantitative estimate of drug-likeness (QED) is 0.819. The lowest BCUT2D eigenvalue weighted by Crippen LogP contribution is -2.20. The second-order valence-corrected chi connectivity index (χ2v) is 5.36. The lowest BCUT2D eigenvalue weighted by Gasteiger charge is -2.18. The van der Waals surface area contributed by atoms with E-state index in [2.05, 4.69) is 37.1 Å². The molecular weight excluding hydrogens is 184 g/mol. The summed E-state index contributed by atoms with van der Waals surface area (Å²) in [5, 5.41) is 3.42. The molecule has 0 bridgehead atoms. The van der Waals surface area contributed by atoms with Gasteiger partial charge in [-0.1, -0.05) is 19.9 Å². The summed E-state index contributed by atoms with van der Waals surface area (Å²) in [6.07, 6.45) is 5.21. The molecule has 1 heterocycles. The summed E-state index contributed by atoms with van der Waals surface area (Å²) in [4.78, 5) is 4.27. The first kappa shape index (κ1) is 10.6. The zero-order valence-electron chi connectivity index (χ0n) is 10.0. The average Bonchev–Trinajstić information content (AvgIpc) is 2.76. The van der Waals surface area contributed by atoms with Crippen LogP contribution in [0, 0.1) is 18.3 Å². The Bertz CT molecular complexity index is 357. The van der Waals surface area contributed by atoms with E-state index in [1.807, 2.05) is 19.4 Å². The average molecular weight is 204 g/mol. The summed E-state index contributed by atoms with van der Waals surface area (Å²) in [6, 6.07) is 2.70. The van der Waals surface area contributed by atoms with Crippen molar-refractivity contribution in [2.24, 2.45) is 11.3 Å². The second kappa shape index (κ2) is 3.60. The van der Waals surface area contributed by atoms with Gasteiger partial charge in [-0.05, 0) is 42.9 Å². The van der Waals surface area contributed by atoms with Crippen molar-refractivity contribution in [3.63, 3.8) is 0 Å². The van der Waals surface area contributed by atoms with Crippen LogP contribution in [0.5, 0.6) is 0 Å². The van der Waals surface area contributed by atoms with Crippen molar-refractivity contribution in [2.45, 2.75) is 33.2 Å². The molecule has 1 aromatic heterocycles. The van der Waals surface area contributed by atoms with Gasteiger partial charge >= 0.3 is 0 Å². The fraction of sp³-hybridized carbons (Fsp3) is 0.615. The predicted octanol–water partition coefficient (Wildman–Crippen LogP) is 2.70. The van der Waals surface area contributed by atoms with E-state index in [4.69, 9.17) is 0 Å². The first-order valence-electron chi connectivity index (χ1n) is 5.63. The molecule has 1 saturated carbocycles. The molecule has 1 aliphatic rings. The molecule has 0 spiro atoms. The molecular formula is C13H20N2. The highest BCUT2D eigenvalue weighted by Gasteiger charge is 2.50. The van der Waals surface area contributed by atoms with Crippen molar-refractivity contribution in [1.29, 1.82) is 0 Å². The maximum Gasteiger partial charge on any atom is 0.0366 e. The third-order valence-electron chi connectivity index (χ3n) is 3.56. The van der Waals surface area contributed by atoms with E-state index in [9.17, 15) is 0 Å². The highest BCUT2D eigenvalue weighted by molar-refractivity contribution is 5.23. The van der Waals surface area contributed by atoms with Crippen LogP contribution in [0.25, 0.3) is 0 Å². The zero-order chi connectivity index (χ0) is 11.1. The SMILES string of the molecule is CNC(c1cncc(C)c1)C1CC1(C)C. The summed E-state index contributed by atoms with van der Waals surface area (Å²) < 4.78 is 0. The summed E-state index contributed by atoms with van der Waals surface area (Å²) in [7, 11) is 2.04. The minimum Gasteiger partial charge on any atom is -0.313 e. The van der Waals surface area contributed by atoms with Crippen molar-refractivity contribution >= 4 is 0 Å². The van der Waals surface area contributed by atoms with Crippen LogP contribution in [0.15, 0.2) is 18.5 Å². The van der Waals surface area contributed by atoms with Gasteiger partial charge in [0, 0.05) is 18.4 Å². The Morgan fingerprint density at radius 1 is 1.47 bits per heavy atom. The summed E-state index contributed by atoms with van der Waals surface area (Å²) >= 11 is 0. The van der Waals surface area contributed by atoms with Gasteiger partial charge in [0.15, 0.2) is 0 Å². The Morgan fingerprint density at radius 2 is 2.13 bits per heavy atom. The van der Waals surface area contributed by atoms with Gasteiger partial charge in [0.05, 0.1) is 0 Å². The van der Waals surface area contributed by atoms with Crippen LogP contribution in [-0.2, 0) is 0 Å². The molecule has 1 N–H and O–H groups in total. The standard InChI is InChI=1S/C13H20N2/c1-9-5-10(8-15-7-9)12(14-4)11-6-13(11,2)3/h5,7-8,11-12,14H,6H2,1-4H3. The Hall–Kier alpha value is -0.890. The maximum absolute atomic E-state index is 4.27. The third-order valence-corrected chi connectivity index (χ3v) is 3.56. The lowest BCUT2D eigenvalue weighted by molar-refractivity contribution is 0.440. The van der Waals surface area contributed by atoms with Crippen LogP contribution in [0.3, 0.4) is 0 Å². The molecule has 2 heteroatoms. The molecule has 2 rings (SSSR count). The number of rotatable bonds is 3. The van der Waals surface area contributed by atoms with E-state index in [0.717, 1.165) is 5.92 Å². The van der Waals surface area contributed by atoms with Gasteiger partial charge in [-0.25, -0.2) is 0 Å². The first-order chi connectivity index (χ1) is 7.04. The van der Waals surface area contributed by atoms with Gasteiger partial charge in [-0.2, -0.15) is 0 Å². The molecule has 1 aromatic rings. The molecule has 0 saturated heterocycles. The minimum atomic E-state index is 0.465. The van der Waals surface area contributed by atoms with E-state index in [-0.39, 0.29) is 0 Å². The molecule has 82 valence electrons. The number of hydrogen-bond donors (Lipinski definition) is 1. The zero-order valence-corrected chi connectivity index (χ0v) is 10.0. The number of aryl methyl sites for hydroxylation is 1. The fourth-order valence-corrected chi connectivity index (χ4v) is 2.43. The van der Waals surface area contributed by atoms with E-state index < -0.39 is 0 Å². The largest absolute Gasteiger partial charge is 0.313 e. The lowest BCUT2D eigenvalue weighted by atomic mass is 9.98. The number of nitrogens with zero attached hydrogens (tertiary/aromatic N) is 1. The summed E-state index contributed by atoms with van der Waals surface area (Å²) in [5.74, 6) is 0.756. The van der Waals surface area contributed by atoms with Crippen molar-refractivity contribution in [3.05, 3.63) is 29.6 Å². The molecule has 1 fully saturated rings. The number of aromatic nitrogens is 1. The third kappa shape index (κ3) is 2.05. The van der Waals surface area contributed by atoms with Gasteiger partial charge < -0.3 is 5.32 Å². The molecule has 1 aliphatic carbocycles. The maximum atomic E-state index is 4.27. The molecule has 2 unspecified atom stereocenters. The minimum absolute atomic E-state index is 0.465. The number of pyridine rings is 1. The first-order valence-corrected chi connectivity index (χ1v) is 5.63. The van der Waals surface area contributed by atoms with Crippen LogP contribution < -0.4 is 5.32 Å². The van der Waals surface area contributed by atoms with Crippen LogP contribution in [0.1, 0.15) is 37.4 Å². The van der Waals surface area contributed by atoms with Crippen molar-refractivity contribution in [2.75, 3.05) is 7.05 Å². The monoisotopic (exact) mass is 204 g/mol. The Balaban J connectivity index is 2.21. The summed E-state index contributed by atoms with van der Waals surface area (Å²) in [5.41, 5.74) is 3.07. The highest BCUT2D eigenvalue weighted by Crippen LogP contribution is 2.57. The van der Waals surface area contributed by atoms with Crippen LogP contribution in [-0.4, -0.2) is 12.0 Å². The Morgan fingerprint density at radius 3 is 2.60 bits per heavy atom. The number of nitrogens with one attached hydrogen (secondary N) is 1. The van der Waals surface area contributed by atoms with Crippen LogP contribution in [0.4, 0.5) is 0 Å². The van der Waals surface area contributed by atoms with Crippen molar-refractivity contribution < 1.29 is 0 Å². The van der Waals surface area contributed by atoms with Crippen molar-refractivity contribution in [3.8, 4) is 0 Å². The highest BCUT2D eigenvalue weighted by atomic mass is 14.9. The van der Waals surface area contributed by atoms with Gasteiger partial charge in [0.25, 0.3) is 0 Å². The van der Waals surface area contributed by atoms with Gasteiger partial charge in [-0.15, -0.1) is 0 Å². The predicted molar refractivity (Wildman–Crippen MR) is 62.7 cm³/mol. The van der Waals surface area contributed by atoms with Crippen LogP contribution >= 0.6 is 0 Å². The number of hydrogen-bond acceptors (Lipinski definition) is 2. The Labute approximate surface area is 92.1 Å². The van der Waals surface area contributed by atoms with Gasteiger partial charge in [-0.3, -0.25) is 4.98 Å². The molecule has 0 aliphatic heterocycles. The smallest absolute Gasteiger partial charge is 0.0366 e. The second-order valence-electron chi connectivity index (χ2n) is 5.36. The fourth-order valence-electron chi connectivity index (χ4n) is 2.43. The molecule has 2 atom stereocenters. The van der Waals surface area contributed by atoms with Crippen molar-refractivity contribution in [1.82, 2.24) is 10.3 Å². The molecule has 0 aromatic carbocycles. The topological polar surface area (TPSA) is 24.9 Å². The van der Waals surface area contributed by atoms with E-state index in [0.29, 0.717) is 11.5 Å². The van der Waals surface area contributed by atoms with Gasteiger partial charge in [0.2, 0.25) is 0 Å². The molecule has 2 nitrogen and oxygen atoms in total. The van der Waals surface area contributed by atoms with E-state index in [1.165, 1.54) is 17.5 Å².